The van der Waals surface area contributed by atoms with Crippen molar-refractivity contribution in [2.45, 2.75) is 38.8 Å². The van der Waals surface area contributed by atoms with Crippen LogP contribution in [0.2, 0.25) is 0 Å². The molecule has 5 nitrogen and oxygen atoms in total. The molecular weight excluding hydrogens is 420 g/mol. The van der Waals surface area contributed by atoms with Gasteiger partial charge in [0.25, 0.3) is 5.91 Å². The highest BCUT2D eigenvalue weighted by Gasteiger charge is 2.20. The van der Waals surface area contributed by atoms with E-state index in [-0.39, 0.29) is 11.8 Å². The van der Waals surface area contributed by atoms with Crippen LogP contribution in [0.3, 0.4) is 0 Å². The van der Waals surface area contributed by atoms with Gasteiger partial charge in [0.1, 0.15) is 5.75 Å². The first-order valence-electron chi connectivity index (χ1n) is 9.57. The van der Waals surface area contributed by atoms with Gasteiger partial charge in [-0.15, -0.1) is 0 Å². The zero-order chi connectivity index (χ0) is 19.9. The van der Waals surface area contributed by atoms with Gasteiger partial charge in [0.2, 0.25) is 5.91 Å². The van der Waals surface area contributed by atoms with Crippen molar-refractivity contribution in [1.82, 2.24) is 10.2 Å². The molecule has 28 heavy (non-hydrogen) atoms. The number of rotatable bonds is 7. The molecule has 0 aliphatic carbocycles. The van der Waals surface area contributed by atoms with E-state index in [0.29, 0.717) is 31.7 Å². The van der Waals surface area contributed by atoms with E-state index in [2.05, 4.69) is 33.4 Å². The number of halogens is 1. The highest BCUT2D eigenvalue weighted by Crippen LogP contribution is 2.19. The van der Waals surface area contributed by atoms with Crippen LogP contribution in [0.4, 0.5) is 0 Å². The number of ether oxygens (including phenoxy) is 1. The number of benzene rings is 2. The molecule has 6 heteroatoms. The number of fused-ring (bicyclic) bond motifs is 1. The van der Waals surface area contributed by atoms with Crippen molar-refractivity contribution in [3.8, 4) is 5.75 Å². The highest BCUT2D eigenvalue weighted by atomic mass is 79.9. The highest BCUT2D eigenvalue weighted by molar-refractivity contribution is 9.10. The second kappa shape index (κ2) is 9.73. The lowest BCUT2D eigenvalue weighted by atomic mass is 9.99. The van der Waals surface area contributed by atoms with Gasteiger partial charge in [0.15, 0.2) is 6.10 Å². The van der Waals surface area contributed by atoms with Crippen LogP contribution in [0, 0.1) is 0 Å². The van der Waals surface area contributed by atoms with Gasteiger partial charge >= 0.3 is 0 Å². The molecule has 1 aliphatic heterocycles. The smallest absolute Gasteiger partial charge is 0.260 e. The minimum Gasteiger partial charge on any atom is -0.481 e. The molecule has 0 radical (unpaired) electrons. The Kier molecular flexibility index (Phi) is 7.09. The first-order chi connectivity index (χ1) is 13.5. The molecule has 2 aromatic carbocycles. The summed E-state index contributed by atoms with van der Waals surface area (Å²) in [5.74, 6) is 0.608. The number of nitrogens with one attached hydrogen (secondary N) is 1. The summed E-state index contributed by atoms with van der Waals surface area (Å²) in [6.07, 6.45) is 1.37. The van der Waals surface area contributed by atoms with Crippen molar-refractivity contribution in [2.75, 3.05) is 13.1 Å². The van der Waals surface area contributed by atoms with Gasteiger partial charge in [-0.25, -0.2) is 0 Å². The number of hydrogen-bond acceptors (Lipinski definition) is 3. The van der Waals surface area contributed by atoms with Gasteiger partial charge in [-0.2, -0.15) is 0 Å². The third kappa shape index (κ3) is 5.58. The summed E-state index contributed by atoms with van der Waals surface area (Å²) in [6, 6.07) is 15.6. The summed E-state index contributed by atoms with van der Waals surface area (Å²) in [5.41, 5.74) is 2.56. The van der Waals surface area contributed by atoms with Crippen LogP contribution in [0.15, 0.2) is 53.0 Å². The second-order valence-corrected chi connectivity index (χ2v) is 7.86. The van der Waals surface area contributed by atoms with Crippen molar-refractivity contribution in [1.29, 1.82) is 0 Å². The Morgan fingerprint density at radius 3 is 2.61 bits per heavy atom. The largest absolute Gasteiger partial charge is 0.481 e. The van der Waals surface area contributed by atoms with Gasteiger partial charge in [-0.3, -0.25) is 9.59 Å². The Bertz CT molecular complexity index is 823. The van der Waals surface area contributed by atoms with Gasteiger partial charge < -0.3 is 15.0 Å². The SMILES string of the molecule is CC(Oc1ccc(Br)cc1)C(=O)NCCCC(=O)N1CCc2ccccc2C1. The lowest BCUT2D eigenvalue weighted by molar-refractivity contribution is -0.132. The Morgan fingerprint density at radius 2 is 1.86 bits per heavy atom. The van der Waals surface area contributed by atoms with Crippen LogP contribution in [0.1, 0.15) is 30.9 Å². The first kappa shape index (κ1) is 20.4. The summed E-state index contributed by atoms with van der Waals surface area (Å²) < 4.78 is 6.59. The molecule has 0 fully saturated rings. The number of carbonyl (C=O) groups is 2. The topological polar surface area (TPSA) is 58.6 Å². The summed E-state index contributed by atoms with van der Waals surface area (Å²) in [5, 5.41) is 2.84. The zero-order valence-electron chi connectivity index (χ0n) is 16.0. The van der Waals surface area contributed by atoms with Gasteiger partial charge in [-0.05, 0) is 55.2 Å². The molecule has 0 bridgehead atoms. The minimum atomic E-state index is -0.588. The molecule has 1 heterocycles. The van der Waals surface area contributed by atoms with Crippen LogP contribution in [0.5, 0.6) is 5.75 Å². The molecule has 0 saturated carbocycles. The van der Waals surface area contributed by atoms with E-state index in [4.69, 9.17) is 4.74 Å². The van der Waals surface area contributed by atoms with Gasteiger partial charge in [0.05, 0.1) is 0 Å². The van der Waals surface area contributed by atoms with E-state index in [1.807, 2.05) is 41.3 Å². The standard InChI is InChI=1S/C22H25BrN2O3/c1-16(28-20-10-8-19(23)9-11-20)22(27)24-13-4-7-21(26)25-14-12-17-5-2-3-6-18(17)15-25/h2-3,5-6,8-11,16H,4,7,12-15H2,1H3,(H,24,27). The van der Waals surface area contributed by atoms with Crippen molar-refractivity contribution in [2.24, 2.45) is 0 Å². The summed E-state index contributed by atoms with van der Waals surface area (Å²) in [6.45, 7) is 3.62. The number of amides is 2. The Hall–Kier alpha value is -2.34. The van der Waals surface area contributed by atoms with E-state index in [1.165, 1.54) is 11.1 Å². The van der Waals surface area contributed by atoms with Crippen LogP contribution in [-0.2, 0) is 22.6 Å². The third-order valence-electron chi connectivity index (χ3n) is 4.85. The molecule has 1 unspecified atom stereocenters. The molecular formula is C22H25BrN2O3. The van der Waals surface area contributed by atoms with Gasteiger partial charge in [-0.1, -0.05) is 40.2 Å². The molecule has 0 aromatic heterocycles. The Balaban J connectivity index is 1.36. The van der Waals surface area contributed by atoms with Crippen LogP contribution in [0.25, 0.3) is 0 Å². The predicted molar refractivity (Wildman–Crippen MR) is 112 cm³/mol. The molecule has 2 aromatic rings. The third-order valence-corrected chi connectivity index (χ3v) is 5.37. The maximum atomic E-state index is 12.4. The normalized spacial score (nSPS) is 14.1. The van der Waals surface area contributed by atoms with E-state index < -0.39 is 6.10 Å². The lowest BCUT2D eigenvalue weighted by Crippen LogP contribution is -2.38. The average Bonchev–Trinajstić information content (AvgIpc) is 2.72. The molecule has 1 aliphatic rings. The molecule has 2 amide bonds. The summed E-state index contributed by atoms with van der Waals surface area (Å²) >= 11 is 3.37. The van der Waals surface area contributed by atoms with Crippen LogP contribution < -0.4 is 10.1 Å². The van der Waals surface area contributed by atoms with E-state index >= 15 is 0 Å². The number of nitrogens with zero attached hydrogens (tertiary/aromatic N) is 1. The quantitative estimate of drug-likeness (QED) is 0.662. The first-order valence-corrected chi connectivity index (χ1v) is 10.4. The average molecular weight is 445 g/mol. The van der Waals surface area contributed by atoms with Gasteiger partial charge in [0, 0.05) is 30.5 Å². The Labute approximate surface area is 174 Å². The van der Waals surface area contributed by atoms with Crippen LogP contribution >= 0.6 is 15.9 Å². The fourth-order valence-electron chi connectivity index (χ4n) is 3.23. The van der Waals surface area contributed by atoms with E-state index in [0.717, 1.165) is 17.4 Å². The van der Waals surface area contributed by atoms with E-state index in [9.17, 15) is 9.59 Å². The maximum absolute atomic E-state index is 12.4. The van der Waals surface area contributed by atoms with Crippen molar-refractivity contribution in [3.05, 3.63) is 64.1 Å². The lowest BCUT2D eigenvalue weighted by Gasteiger charge is -2.29. The maximum Gasteiger partial charge on any atom is 0.260 e. The van der Waals surface area contributed by atoms with E-state index in [1.54, 1.807) is 6.92 Å². The zero-order valence-corrected chi connectivity index (χ0v) is 17.6. The number of hydrogen-bond donors (Lipinski definition) is 1. The fourth-order valence-corrected chi connectivity index (χ4v) is 3.50. The predicted octanol–water partition coefficient (Wildman–Crippen LogP) is 3.70. The molecule has 1 atom stereocenters. The van der Waals surface area contributed by atoms with Crippen molar-refractivity contribution in [3.63, 3.8) is 0 Å². The molecule has 0 saturated heterocycles. The fraction of sp³-hybridized carbons (Fsp3) is 0.364. The second-order valence-electron chi connectivity index (χ2n) is 6.94. The molecule has 1 N–H and O–H groups in total. The Morgan fingerprint density at radius 1 is 1.14 bits per heavy atom. The van der Waals surface area contributed by atoms with Crippen molar-refractivity contribution >= 4 is 27.7 Å². The molecule has 0 spiro atoms. The minimum absolute atomic E-state index is 0.142. The monoisotopic (exact) mass is 444 g/mol. The number of carbonyl (C=O) groups excluding carboxylic acids is 2. The summed E-state index contributed by atoms with van der Waals surface area (Å²) in [7, 11) is 0. The van der Waals surface area contributed by atoms with Crippen molar-refractivity contribution < 1.29 is 14.3 Å². The van der Waals surface area contributed by atoms with Crippen LogP contribution in [-0.4, -0.2) is 35.9 Å². The molecule has 148 valence electrons. The molecule has 3 rings (SSSR count). The summed E-state index contributed by atoms with van der Waals surface area (Å²) in [4.78, 5) is 26.5.